The van der Waals surface area contributed by atoms with E-state index in [2.05, 4.69) is 38.1 Å². The van der Waals surface area contributed by atoms with Crippen LogP contribution in [0.1, 0.15) is 19.2 Å². The summed E-state index contributed by atoms with van der Waals surface area (Å²) in [6.45, 7) is 4.78. The number of ether oxygens (including phenoxy) is 1. The van der Waals surface area contributed by atoms with E-state index in [9.17, 15) is 0 Å². The number of anilines is 1. The molecule has 1 aliphatic rings. The minimum atomic E-state index is 0.249. The van der Waals surface area contributed by atoms with Crippen molar-refractivity contribution in [1.29, 1.82) is 0 Å². The summed E-state index contributed by atoms with van der Waals surface area (Å²) in [6.07, 6.45) is 1.28. The maximum atomic E-state index is 5.48. The van der Waals surface area contributed by atoms with Crippen molar-refractivity contribution in [2.45, 2.75) is 32.4 Å². The highest BCUT2D eigenvalue weighted by Gasteiger charge is 2.24. The van der Waals surface area contributed by atoms with Gasteiger partial charge in [-0.25, -0.2) is 9.97 Å². The number of aryl methyl sites for hydroxylation is 1. The molecule has 0 aliphatic carbocycles. The quantitative estimate of drug-likeness (QED) is 0.838. The smallest absolute Gasteiger partial charge is 0.131 e. The van der Waals surface area contributed by atoms with Gasteiger partial charge < -0.3 is 10.1 Å². The number of nitrogens with one attached hydrogen (secondary N) is 1. The zero-order chi connectivity index (χ0) is 10.8. The largest absolute Gasteiger partial charge is 0.376 e. The monoisotopic (exact) mass is 271 g/mol. The van der Waals surface area contributed by atoms with Gasteiger partial charge in [-0.3, -0.25) is 0 Å². The fraction of sp³-hybridized carbons (Fsp3) is 0.600. The van der Waals surface area contributed by atoms with Crippen molar-refractivity contribution in [1.82, 2.24) is 9.97 Å². The summed E-state index contributed by atoms with van der Waals surface area (Å²) in [4.78, 5) is 8.49. The van der Waals surface area contributed by atoms with Crippen LogP contribution in [0.3, 0.4) is 0 Å². The molecule has 82 valence electrons. The molecular formula is C10H14BrN3O. The van der Waals surface area contributed by atoms with Gasteiger partial charge in [-0.15, -0.1) is 0 Å². The van der Waals surface area contributed by atoms with Crippen molar-refractivity contribution in [3.63, 3.8) is 0 Å². The third-order valence-electron chi connectivity index (χ3n) is 2.52. The Morgan fingerprint density at radius 2 is 2.33 bits per heavy atom. The van der Waals surface area contributed by atoms with Crippen LogP contribution in [0.15, 0.2) is 10.7 Å². The molecule has 0 bridgehead atoms. The van der Waals surface area contributed by atoms with Crippen LogP contribution in [0.4, 0.5) is 5.82 Å². The van der Waals surface area contributed by atoms with E-state index in [1.807, 2.05) is 13.0 Å². The standard InChI is InChI=1S/C10H14BrN3O/c1-6-8(3-4-15-6)14-10-5-9(11)12-7(2)13-10/h5-6,8H,3-4H2,1-2H3,(H,12,13,14). The molecule has 1 aromatic heterocycles. The highest BCUT2D eigenvalue weighted by molar-refractivity contribution is 9.10. The SMILES string of the molecule is Cc1nc(Br)cc(NC2CCOC2C)n1. The van der Waals surface area contributed by atoms with Gasteiger partial charge in [0, 0.05) is 12.7 Å². The van der Waals surface area contributed by atoms with Crippen molar-refractivity contribution >= 4 is 21.7 Å². The van der Waals surface area contributed by atoms with Crippen LogP contribution in [0.2, 0.25) is 0 Å². The third-order valence-corrected chi connectivity index (χ3v) is 2.92. The Balaban J connectivity index is 2.10. The lowest BCUT2D eigenvalue weighted by atomic mass is 10.1. The molecule has 4 nitrogen and oxygen atoms in total. The predicted octanol–water partition coefficient (Wildman–Crippen LogP) is 2.14. The topological polar surface area (TPSA) is 47.0 Å². The van der Waals surface area contributed by atoms with E-state index in [-0.39, 0.29) is 6.10 Å². The second-order valence-corrected chi connectivity index (χ2v) is 4.55. The van der Waals surface area contributed by atoms with Gasteiger partial charge in [0.15, 0.2) is 0 Å². The van der Waals surface area contributed by atoms with Crippen LogP contribution in [0.5, 0.6) is 0 Å². The number of halogens is 1. The fourth-order valence-electron chi connectivity index (χ4n) is 1.72. The van der Waals surface area contributed by atoms with Crippen molar-refractivity contribution in [3.8, 4) is 0 Å². The lowest BCUT2D eigenvalue weighted by Gasteiger charge is -2.16. The average Bonchev–Trinajstić information content (AvgIpc) is 2.50. The molecular weight excluding hydrogens is 258 g/mol. The Morgan fingerprint density at radius 3 is 2.93 bits per heavy atom. The van der Waals surface area contributed by atoms with Crippen LogP contribution < -0.4 is 5.32 Å². The van der Waals surface area contributed by atoms with Gasteiger partial charge >= 0.3 is 0 Å². The van der Waals surface area contributed by atoms with Gasteiger partial charge in [0.25, 0.3) is 0 Å². The molecule has 1 saturated heterocycles. The Kier molecular flexibility index (Phi) is 3.21. The molecule has 5 heteroatoms. The molecule has 2 atom stereocenters. The molecule has 0 saturated carbocycles. The summed E-state index contributed by atoms with van der Waals surface area (Å²) in [5.74, 6) is 1.62. The van der Waals surface area contributed by atoms with Crippen LogP contribution in [-0.2, 0) is 4.74 Å². The van der Waals surface area contributed by atoms with Crippen molar-refractivity contribution in [3.05, 3.63) is 16.5 Å². The van der Waals surface area contributed by atoms with Crippen LogP contribution in [0.25, 0.3) is 0 Å². The molecule has 1 N–H and O–H groups in total. The molecule has 2 unspecified atom stereocenters. The third kappa shape index (κ3) is 2.66. The summed E-state index contributed by atoms with van der Waals surface area (Å²) in [7, 11) is 0. The highest BCUT2D eigenvalue weighted by atomic mass is 79.9. The van der Waals surface area contributed by atoms with Crippen molar-refractivity contribution in [2.24, 2.45) is 0 Å². The second-order valence-electron chi connectivity index (χ2n) is 3.74. The predicted molar refractivity (Wildman–Crippen MR) is 61.9 cm³/mol. The van der Waals surface area contributed by atoms with Crippen molar-refractivity contribution in [2.75, 3.05) is 11.9 Å². The first kappa shape index (κ1) is 10.8. The molecule has 1 aliphatic heterocycles. The zero-order valence-electron chi connectivity index (χ0n) is 8.83. The van der Waals surface area contributed by atoms with Gasteiger partial charge in [-0.05, 0) is 36.2 Å². The van der Waals surface area contributed by atoms with E-state index in [1.54, 1.807) is 0 Å². The number of rotatable bonds is 2. The van der Waals surface area contributed by atoms with E-state index in [1.165, 1.54) is 0 Å². The summed E-state index contributed by atoms with van der Waals surface area (Å²) < 4.78 is 6.29. The van der Waals surface area contributed by atoms with E-state index in [4.69, 9.17) is 4.74 Å². The van der Waals surface area contributed by atoms with E-state index in [0.717, 1.165) is 29.3 Å². The van der Waals surface area contributed by atoms with Crippen LogP contribution in [0, 0.1) is 6.92 Å². The number of hydrogen-bond acceptors (Lipinski definition) is 4. The Bertz CT molecular complexity index is 338. The second kappa shape index (κ2) is 4.45. The first-order chi connectivity index (χ1) is 7.15. The zero-order valence-corrected chi connectivity index (χ0v) is 10.4. The molecule has 0 spiro atoms. The highest BCUT2D eigenvalue weighted by Crippen LogP contribution is 2.19. The molecule has 1 aromatic rings. The normalized spacial score (nSPS) is 25.5. The van der Waals surface area contributed by atoms with Gasteiger partial charge in [0.2, 0.25) is 0 Å². The minimum Gasteiger partial charge on any atom is -0.376 e. The first-order valence-electron chi connectivity index (χ1n) is 5.04. The Morgan fingerprint density at radius 1 is 1.53 bits per heavy atom. The van der Waals surface area contributed by atoms with Gasteiger partial charge in [0.1, 0.15) is 16.2 Å². The van der Waals surface area contributed by atoms with Crippen LogP contribution in [-0.4, -0.2) is 28.7 Å². The Hall–Kier alpha value is -0.680. The maximum Gasteiger partial charge on any atom is 0.131 e. The van der Waals surface area contributed by atoms with Gasteiger partial charge in [-0.1, -0.05) is 0 Å². The van der Waals surface area contributed by atoms with Crippen LogP contribution >= 0.6 is 15.9 Å². The lowest BCUT2D eigenvalue weighted by molar-refractivity contribution is 0.121. The summed E-state index contributed by atoms with van der Waals surface area (Å²) in [5, 5.41) is 3.37. The molecule has 15 heavy (non-hydrogen) atoms. The molecule has 0 amide bonds. The van der Waals surface area contributed by atoms with E-state index in [0.29, 0.717) is 6.04 Å². The van der Waals surface area contributed by atoms with E-state index < -0.39 is 0 Å². The molecule has 0 radical (unpaired) electrons. The van der Waals surface area contributed by atoms with E-state index >= 15 is 0 Å². The molecule has 2 rings (SSSR count). The summed E-state index contributed by atoms with van der Waals surface area (Å²) in [5.41, 5.74) is 0. The molecule has 0 aromatic carbocycles. The average molecular weight is 272 g/mol. The summed E-state index contributed by atoms with van der Waals surface area (Å²) >= 11 is 3.36. The van der Waals surface area contributed by atoms with Gasteiger partial charge in [-0.2, -0.15) is 0 Å². The molecule has 2 heterocycles. The first-order valence-corrected chi connectivity index (χ1v) is 5.84. The molecule has 1 fully saturated rings. The minimum absolute atomic E-state index is 0.249. The maximum absolute atomic E-state index is 5.48. The fourth-order valence-corrected chi connectivity index (χ4v) is 2.19. The number of hydrogen-bond donors (Lipinski definition) is 1. The Labute approximate surface area is 97.6 Å². The summed E-state index contributed by atoms with van der Waals surface area (Å²) in [6, 6.07) is 2.24. The number of nitrogens with zero attached hydrogens (tertiary/aromatic N) is 2. The number of aromatic nitrogens is 2. The van der Waals surface area contributed by atoms with Gasteiger partial charge in [0.05, 0.1) is 12.1 Å². The van der Waals surface area contributed by atoms with Crippen molar-refractivity contribution < 1.29 is 4.74 Å². The lowest BCUT2D eigenvalue weighted by Crippen LogP contribution is -2.27.